The van der Waals surface area contributed by atoms with E-state index in [1.807, 2.05) is 0 Å². The quantitative estimate of drug-likeness (QED) is 0.625. The Morgan fingerprint density at radius 1 is 1.07 bits per heavy atom. The van der Waals surface area contributed by atoms with E-state index in [2.05, 4.69) is 4.98 Å². The molecule has 7 nitrogen and oxygen atoms in total. The van der Waals surface area contributed by atoms with Crippen LogP contribution >= 0.6 is 22.9 Å². The normalized spacial score (nSPS) is 15.7. The van der Waals surface area contributed by atoms with Crippen molar-refractivity contribution in [1.29, 1.82) is 0 Å². The van der Waals surface area contributed by atoms with Crippen LogP contribution in [0.2, 0.25) is 4.34 Å². The highest BCUT2D eigenvalue weighted by molar-refractivity contribution is 7.91. The number of rotatable bonds is 4. The number of carbonyl (C=O) groups is 1. The number of hydrogen-bond donors (Lipinski definition) is 0. The molecule has 1 aliphatic heterocycles. The lowest BCUT2D eigenvalue weighted by Crippen LogP contribution is -2.50. The molecule has 0 unspecified atom stereocenters. The monoisotopic (exact) mass is 437 g/mol. The maximum atomic E-state index is 12.7. The third-order valence-corrected chi connectivity index (χ3v) is 8.11. The number of nitrogens with zero attached hydrogens (tertiary/aromatic N) is 3. The van der Waals surface area contributed by atoms with E-state index in [0.29, 0.717) is 28.7 Å². The van der Waals surface area contributed by atoms with Gasteiger partial charge in [-0.25, -0.2) is 13.4 Å². The van der Waals surface area contributed by atoms with Gasteiger partial charge >= 0.3 is 0 Å². The summed E-state index contributed by atoms with van der Waals surface area (Å²) in [5.74, 6) is 0.506. The number of carbonyl (C=O) groups excluding carboxylic acids is 1. The first kappa shape index (κ1) is 19.1. The number of oxazole rings is 1. The SMILES string of the molecule is O=C(c1ccc(-c2cnco2)cc1)N1CCN(S(=O)(=O)c2ccc(Cl)s2)CC1. The molecule has 1 fully saturated rings. The molecule has 1 amide bonds. The number of halogens is 1. The molecule has 0 aliphatic carbocycles. The second-order valence-corrected chi connectivity index (χ2v) is 10.1. The Labute approximate surface area is 171 Å². The molecular formula is C18H16ClN3O4S2. The number of aromatic nitrogens is 1. The summed E-state index contributed by atoms with van der Waals surface area (Å²) in [7, 11) is -3.57. The first-order valence-corrected chi connectivity index (χ1v) is 11.1. The second kappa shape index (κ2) is 7.67. The van der Waals surface area contributed by atoms with Gasteiger partial charge in [0.1, 0.15) is 4.21 Å². The van der Waals surface area contributed by atoms with E-state index in [-0.39, 0.29) is 23.2 Å². The number of piperazine rings is 1. The summed E-state index contributed by atoms with van der Waals surface area (Å²) in [6, 6.07) is 10.1. The summed E-state index contributed by atoms with van der Waals surface area (Å²) < 4.78 is 32.6. The van der Waals surface area contributed by atoms with Crippen LogP contribution in [-0.4, -0.2) is 54.7 Å². The number of hydrogen-bond acceptors (Lipinski definition) is 6. The Balaban J connectivity index is 1.41. The van der Waals surface area contributed by atoms with Crippen LogP contribution in [0.4, 0.5) is 0 Å². The molecule has 0 spiro atoms. The average molecular weight is 438 g/mol. The lowest BCUT2D eigenvalue weighted by Gasteiger charge is -2.33. The van der Waals surface area contributed by atoms with E-state index in [9.17, 15) is 13.2 Å². The highest BCUT2D eigenvalue weighted by Gasteiger charge is 2.31. The lowest BCUT2D eigenvalue weighted by molar-refractivity contribution is 0.0698. The van der Waals surface area contributed by atoms with E-state index >= 15 is 0 Å². The van der Waals surface area contributed by atoms with Crippen LogP contribution in [0.3, 0.4) is 0 Å². The summed E-state index contributed by atoms with van der Waals surface area (Å²) in [4.78, 5) is 18.3. The van der Waals surface area contributed by atoms with Crippen molar-refractivity contribution >= 4 is 38.9 Å². The molecule has 0 atom stereocenters. The molecule has 10 heteroatoms. The third-order valence-electron chi connectivity index (χ3n) is 4.52. The lowest BCUT2D eigenvalue weighted by atomic mass is 10.1. The Kier molecular flexibility index (Phi) is 5.24. The number of benzene rings is 1. The first-order valence-electron chi connectivity index (χ1n) is 8.49. The number of sulfonamides is 1. The first-order chi connectivity index (χ1) is 13.4. The largest absolute Gasteiger partial charge is 0.444 e. The fourth-order valence-electron chi connectivity index (χ4n) is 3.01. The molecule has 146 valence electrons. The van der Waals surface area contributed by atoms with Gasteiger partial charge in [-0.15, -0.1) is 11.3 Å². The Morgan fingerprint density at radius 2 is 1.79 bits per heavy atom. The van der Waals surface area contributed by atoms with E-state index in [0.717, 1.165) is 16.9 Å². The van der Waals surface area contributed by atoms with Gasteiger partial charge in [0.15, 0.2) is 12.2 Å². The zero-order valence-electron chi connectivity index (χ0n) is 14.6. The van der Waals surface area contributed by atoms with Crippen molar-refractivity contribution in [2.45, 2.75) is 4.21 Å². The second-order valence-electron chi connectivity index (χ2n) is 6.20. The van der Waals surface area contributed by atoms with Crippen LogP contribution in [0, 0.1) is 0 Å². The van der Waals surface area contributed by atoms with Gasteiger partial charge < -0.3 is 9.32 Å². The fraction of sp³-hybridized carbons (Fsp3) is 0.222. The molecule has 4 rings (SSSR count). The van der Waals surface area contributed by atoms with Crippen LogP contribution in [0.15, 0.2) is 57.6 Å². The molecule has 1 aromatic carbocycles. The van der Waals surface area contributed by atoms with Crippen molar-refractivity contribution in [2.24, 2.45) is 0 Å². The van der Waals surface area contributed by atoms with Gasteiger partial charge in [-0.05, 0) is 24.3 Å². The predicted octanol–water partition coefficient (Wildman–Crippen LogP) is 3.20. The highest BCUT2D eigenvalue weighted by atomic mass is 35.5. The Hall–Kier alpha value is -2.20. The Bertz CT molecular complexity index is 1070. The maximum absolute atomic E-state index is 12.7. The summed E-state index contributed by atoms with van der Waals surface area (Å²) in [5, 5.41) is 0. The zero-order valence-corrected chi connectivity index (χ0v) is 17.0. The van der Waals surface area contributed by atoms with Crippen molar-refractivity contribution in [2.75, 3.05) is 26.2 Å². The van der Waals surface area contributed by atoms with E-state index in [1.165, 1.54) is 16.8 Å². The van der Waals surface area contributed by atoms with Gasteiger partial charge in [-0.3, -0.25) is 4.79 Å². The van der Waals surface area contributed by atoms with Crippen molar-refractivity contribution < 1.29 is 17.6 Å². The molecule has 1 saturated heterocycles. The van der Waals surface area contributed by atoms with Crippen LogP contribution in [0.1, 0.15) is 10.4 Å². The van der Waals surface area contributed by atoms with Crippen LogP contribution in [-0.2, 0) is 10.0 Å². The van der Waals surface area contributed by atoms with Crippen molar-refractivity contribution in [3.05, 3.63) is 58.9 Å². The molecule has 2 aromatic heterocycles. The van der Waals surface area contributed by atoms with Gasteiger partial charge in [0, 0.05) is 37.3 Å². The molecule has 0 N–H and O–H groups in total. The molecule has 3 heterocycles. The van der Waals surface area contributed by atoms with Gasteiger partial charge in [0.25, 0.3) is 15.9 Å². The highest BCUT2D eigenvalue weighted by Crippen LogP contribution is 2.28. The van der Waals surface area contributed by atoms with Crippen LogP contribution < -0.4 is 0 Å². The molecule has 0 bridgehead atoms. The van der Waals surface area contributed by atoms with Gasteiger partial charge in [-0.2, -0.15) is 4.31 Å². The topological polar surface area (TPSA) is 83.7 Å². The smallest absolute Gasteiger partial charge is 0.253 e. The molecule has 3 aromatic rings. The number of amides is 1. The molecule has 0 radical (unpaired) electrons. The fourth-order valence-corrected chi connectivity index (χ4v) is 6.07. The molecule has 0 saturated carbocycles. The summed E-state index contributed by atoms with van der Waals surface area (Å²) in [6.45, 7) is 1.17. The van der Waals surface area contributed by atoms with E-state index in [4.69, 9.17) is 16.0 Å². The number of thiophene rings is 1. The van der Waals surface area contributed by atoms with Gasteiger partial charge in [-0.1, -0.05) is 23.7 Å². The van der Waals surface area contributed by atoms with Crippen LogP contribution in [0.5, 0.6) is 0 Å². The maximum Gasteiger partial charge on any atom is 0.253 e. The van der Waals surface area contributed by atoms with Gasteiger partial charge in [0.05, 0.1) is 10.5 Å². The van der Waals surface area contributed by atoms with Crippen molar-refractivity contribution in [1.82, 2.24) is 14.2 Å². The van der Waals surface area contributed by atoms with Gasteiger partial charge in [0.2, 0.25) is 0 Å². The summed E-state index contributed by atoms with van der Waals surface area (Å²) >= 11 is 6.89. The van der Waals surface area contributed by atoms with Crippen molar-refractivity contribution in [3.63, 3.8) is 0 Å². The average Bonchev–Trinajstić information content (AvgIpc) is 3.40. The standard InChI is InChI=1S/C18H16ClN3O4S2/c19-16-5-6-17(27-16)28(24,25)22-9-7-21(8-10-22)18(23)14-3-1-13(2-4-14)15-11-20-12-26-15/h1-6,11-12H,7-10H2. The Morgan fingerprint density at radius 3 is 2.36 bits per heavy atom. The molecule has 28 heavy (non-hydrogen) atoms. The minimum Gasteiger partial charge on any atom is -0.444 e. The van der Waals surface area contributed by atoms with E-state index < -0.39 is 10.0 Å². The van der Waals surface area contributed by atoms with Crippen LogP contribution in [0.25, 0.3) is 11.3 Å². The molecule has 1 aliphatic rings. The minimum atomic E-state index is -3.57. The summed E-state index contributed by atoms with van der Waals surface area (Å²) in [5.41, 5.74) is 1.38. The van der Waals surface area contributed by atoms with Crippen molar-refractivity contribution in [3.8, 4) is 11.3 Å². The minimum absolute atomic E-state index is 0.125. The third kappa shape index (κ3) is 3.70. The predicted molar refractivity (Wildman–Crippen MR) is 106 cm³/mol. The molecular weight excluding hydrogens is 422 g/mol. The summed E-state index contributed by atoms with van der Waals surface area (Å²) in [6.07, 6.45) is 2.96. The van der Waals surface area contributed by atoms with E-state index in [1.54, 1.807) is 41.4 Å². The zero-order chi connectivity index (χ0) is 19.7.